The Morgan fingerprint density at radius 3 is 2.62 bits per heavy atom. The van der Waals surface area contributed by atoms with Gasteiger partial charge in [0.15, 0.2) is 0 Å². The maximum Gasteiger partial charge on any atom is 0.251 e. The average molecular weight is 319 g/mol. The van der Waals surface area contributed by atoms with E-state index in [0.29, 0.717) is 11.1 Å². The topological polar surface area (TPSA) is 56.1 Å². The summed E-state index contributed by atoms with van der Waals surface area (Å²) in [6.07, 6.45) is 2.10. The van der Waals surface area contributed by atoms with Crippen LogP contribution in [0.4, 0.5) is 0 Å². The van der Waals surface area contributed by atoms with Crippen LogP contribution in [0.2, 0.25) is 0 Å². The van der Waals surface area contributed by atoms with Gasteiger partial charge in [-0.2, -0.15) is 5.26 Å². The van der Waals surface area contributed by atoms with Gasteiger partial charge in [-0.25, -0.2) is 0 Å². The van der Waals surface area contributed by atoms with E-state index in [4.69, 9.17) is 5.26 Å². The zero-order chi connectivity index (χ0) is 16.8. The first-order valence-electron chi connectivity index (χ1n) is 8.32. The Labute approximate surface area is 142 Å². The normalized spacial score (nSPS) is 17.9. The molecule has 0 spiro atoms. The predicted octanol–water partition coefficient (Wildman–Crippen LogP) is 2.95. The van der Waals surface area contributed by atoms with E-state index in [1.165, 1.54) is 5.56 Å². The molecule has 3 rings (SSSR count). The molecule has 2 aromatic carbocycles. The Morgan fingerprint density at radius 1 is 1.17 bits per heavy atom. The van der Waals surface area contributed by atoms with Gasteiger partial charge < -0.3 is 5.32 Å². The van der Waals surface area contributed by atoms with E-state index in [-0.39, 0.29) is 11.9 Å². The minimum Gasteiger partial charge on any atom is -0.348 e. The highest BCUT2D eigenvalue weighted by Crippen LogP contribution is 2.14. The van der Waals surface area contributed by atoms with E-state index >= 15 is 0 Å². The Balaban J connectivity index is 1.56. The summed E-state index contributed by atoms with van der Waals surface area (Å²) in [5.74, 6) is -0.0638. The Bertz CT molecular complexity index is 719. The molecule has 2 aromatic rings. The number of likely N-dealkylation sites (tertiary alicyclic amines) is 1. The molecule has 24 heavy (non-hydrogen) atoms. The van der Waals surface area contributed by atoms with Crippen LogP contribution in [0, 0.1) is 11.3 Å². The van der Waals surface area contributed by atoms with Gasteiger partial charge in [0.1, 0.15) is 0 Å². The number of hydrogen-bond donors (Lipinski definition) is 1. The van der Waals surface area contributed by atoms with Crippen LogP contribution in [0.15, 0.2) is 54.6 Å². The fourth-order valence-electron chi connectivity index (χ4n) is 3.12. The van der Waals surface area contributed by atoms with Crippen molar-refractivity contribution < 1.29 is 4.79 Å². The van der Waals surface area contributed by atoms with E-state index in [9.17, 15) is 4.79 Å². The minimum absolute atomic E-state index is 0.0638. The van der Waals surface area contributed by atoms with Crippen molar-refractivity contribution in [2.75, 3.05) is 13.1 Å². The predicted molar refractivity (Wildman–Crippen MR) is 93.4 cm³/mol. The first kappa shape index (κ1) is 16.2. The largest absolute Gasteiger partial charge is 0.348 e. The highest BCUT2D eigenvalue weighted by atomic mass is 16.1. The van der Waals surface area contributed by atoms with Crippen LogP contribution in [0.1, 0.15) is 34.3 Å². The number of carbonyl (C=O) groups is 1. The molecular weight excluding hydrogens is 298 g/mol. The van der Waals surface area contributed by atoms with Crippen molar-refractivity contribution in [3.63, 3.8) is 0 Å². The third-order valence-electron chi connectivity index (χ3n) is 4.37. The van der Waals surface area contributed by atoms with Gasteiger partial charge in [0.2, 0.25) is 0 Å². The Hall–Kier alpha value is -2.64. The number of piperidine rings is 1. The maximum atomic E-state index is 12.4. The highest BCUT2D eigenvalue weighted by molar-refractivity contribution is 5.94. The number of nitriles is 1. The molecular formula is C20H21N3O. The summed E-state index contributed by atoms with van der Waals surface area (Å²) in [5.41, 5.74) is 2.48. The van der Waals surface area contributed by atoms with Crippen molar-refractivity contribution in [2.24, 2.45) is 0 Å². The first-order chi connectivity index (χ1) is 11.7. The van der Waals surface area contributed by atoms with Crippen LogP contribution < -0.4 is 5.32 Å². The zero-order valence-electron chi connectivity index (χ0n) is 13.6. The zero-order valence-corrected chi connectivity index (χ0v) is 13.6. The van der Waals surface area contributed by atoms with Gasteiger partial charge in [-0.1, -0.05) is 30.3 Å². The molecule has 1 aliphatic rings. The molecule has 4 nitrogen and oxygen atoms in total. The van der Waals surface area contributed by atoms with Crippen LogP contribution >= 0.6 is 0 Å². The second-order valence-electron chi connectivity index (χ2n) is 6.22. The van der Waals surface area contributed by atoms with Gasteiger partial charge >= 0.3 is 0 Å². The summed E-state index contributed by atoms with van der Waals surface area (Å²) in [6, 6.07) is 19.4. The first-order valence-corrected chi connectivity index (χ1v) is 8.32. The van der Waals surface area contributed by atoms with E-state index in [1.54, 1.807) is 24.3 Å². The van der Waals surface area contributed by atoms with Gasteiger partial charge in [-0.3, -0.25) is 9.69 Å². The lowest BCUT2D eigenvalue weighted by atomic mass is 10.0. The maximum absolute atomic E-state index is 12.4. The number of rotatable bonds is 4. The number of nitrogens with zero attached hydrogens (tertiary/aromatic N) is 2. The van der Waals surface area contributed by atoms with E-state index < -0.39 is 0 Å². The Morgan fingerprint density at radius 2 is 1.92 bits per heavy atom. The van der Waals surface area contributed by atoms with Crippen molar-refractivity contribution in [3.05, 3.63) is 71.3 Å². The van der Waals surface area contributed by atoms with Crippen LogP contribution in [0.25, 0.3) is 0 Å². The van der Waals surface area contributed by atoms with Gasteiger partial charge in [-0.05, 0) is 49.2 Å². The average Bonchev–Trinajstić information content (AvgIpc) is 2.63. The second-order valence-corrected chi connectivity index (χ2v) is 6.22. The SMILES string of the molecule is N#Cc1ccc(C(=O)N[C@H]2CCCN(Cc3ccccc3)C2)cc1. The lowest BCUT2D eigenvalue weighted by molar-refractivity contribution is 0.0901. The molecule has 1 amide bonds. The highest BCUT2D eigenvalue weighted by Gasteiger charge is 2.21. The molecule has 1 saturated heterocycles. The van der Waals surface area contributed by atoms with E-state index in [1.807, 2.05) is 6.07 Å². The molecule has 0 saturated carbocycles. The molecule has 1 fully saturated rings. The fourth-order valence-corrected chi connectivity index (χ4v) is 3.12. The van der Waals surface area contributed by atoms with Crippen LogP contribution in [-0.4, -0.2) is 29.9 Å². The molecule has 1 aliphatic heterocycles. The lowest BCUT2D eigenvalue weighted by Crippen LogP contribution is -2.47. The molecule has 4 heteroatoms. The van der Waals surface area contributed by atoms with Crippen molar-refractivity contribution >= 4 is 5.91 Å². The van der Waals surface area contributed by atoms with E-state index in [0.717, 1.165) is 32.5 Å². The summed E-state index contributed by atoms with van der Waals surface area (Å²) in [7, 11) is 0. The standard InChI is InChI=1S/C20H21N3O/c21-13-16-8-10-18(11-9-16)20(24)22-19-7-4-12-23(15-19)14-17-5-2-1-3-6-17/h1-3,5-6,8-11,19H,4,7,12,14-15H2,(H,22,24)/t19-/m0/s1. The molecule has 0 radical (unpaired) electrons. The third-order valence-corrected chi connectivity index (χ3v) is 4.37. The monoisotopic (exact) mass is 319 g/mol. The minimum atomic E-state index is -0.0638. The van der Waals surface area contributed by atoms with Crippen molar-refractivity contribution in [1.82, 2.24) is 10.2 Å². The van der Waals surface area contributed by atoms with Crippen molar-refractivity contribution in [2.45, 2.75) is 25.4 Å². The number of nitrogens with one attached hydrogen (secondary N) is 1. The smallest absolute Gasteiger partial charge is 0.251 e. The third kappa shape index (κ3) is 4.21. The van der Waals surface area contributed by atoms with Crippen molar-refractivity contribution in [3.8, 4) is 6.07 Å². The molecule has 1 atom stereocenters. The lowest BCUT2D eigenvalue weighted by Gasteiger charge is -2.33. The van der Waals surface area contributed by atoms with Gasteiger partial charge in [0, 0.05) is 24.7 Å². The quantitative estimate of drug-likeness (QED) is 0.942. The van der Waals surface area contributed by atoms with Crippen LogP contribution in [0.5, 0.6) is 0 Å². The fraction of sp³-hybridized carbons (Fsp3) is 0.300. The number of amides is 1. The summed E-state index contributed by atoms with van der Waals surface area (Å²) in [5, 5.41) is 11.9. The number of carbonyl (C=O) groups excluding carboxylic acids is 1. The van der Waals surface area contributed by atoms with Gasteiger partial charge in [0.25, 0.3) is 5.91 Å². The summed E-state index contributed by atoms with van der Waals surface area (Å²) in [4.78, 5) is 14.8. The Kier molecular flexibility index (Phi) is 5.25. The van der Waals surface area contributed by atoms with Crippen molar-refractivity contribution in [1.29, 1.82) is 5.26 Å². The van der Waals surface area contributed by atoms with E-state index in [2.05, 4.69) is 40.6 Å². The second kappa shape index (κ2) is 7.76. The molecule has 0 unspecified atom stereocenters. The summed E-state index contributed by atoms with van der Waals surface area (Å²) >= 11 is 0. The van der Waals surface area contributed by atoms with Gasteiger partial charge in [-0.15, -0.1) is 0 Å². The number of hydrogen-bond acceptors (Lipinski definition) is 3. The molecule has 0 aliphatic carbocycles. The van der Waals surface area contributed by atoms with Crippen LogP contribution in [-0.2, 0) is 6.54 Å². The summed E-state index contributed by atoms with van der Waals surface area (Å²) < 4.78 is 0. The molecule has 122 valence electrons. The van der Waals surface area contributed by atoms with Crippen LogP contribution in [0.3, 0.4) is 0 Å². The number of benzene rings is 2. The molecule has 0 bridgehead atoms. The molecule has 1 heterocycles. The molecule has 0 aromatic heterocycles. The molecule has 1 N–H and O–H groups in total. The summed E-state index contributed by atoms with van der Waals surface area (Å²) in [6.45, 7) is 2.86. The van der Waals surface area contributed by atoms with Gasteiger partial charge in [0.05, 0.1) is 11.6 Å².